The Morgan fingerprint density at radius 1 is 1.11 bits per heavy atom. The predicted octanol–water partition coefficient (Wildman–Crippen LogP) is 0.851. The third-order valence-corrected chi connectivity index (χ3v) is 4.90. The first-order chi connectivity index (χ1) is 13.2. The van der Waals surface area contributed by atoms with Crippen molar-refractivity contribution in [2.75, 3.05) is 6.61 Å². The van der Waals surface area contributed by atoms with Gasteiger partial charge in [-0.2, -0.15) is 0 Å². The summed E-state index contributed by atoms with van der Waals surface area (Å²) in [5.41, 5.74) is 3.23. The number of aliphatic hydroxyl groups is 3. The maximum absolute atomic E-state index is 10.5. The maximum atomic E-state index is 10.5. The zero-order valence-corrected chi connectivity index (χ0v) is 14.0. The minimum Gasteiger partial charge on any atom is -0.472 e. The molecule has 0 aromatic carbocycles. The van der Waals surface area contributed by atoms with E-state index in [1.54, 1.807) is 35.4 Å². The van der Waals surface area contributed by atoms with Crippen molar-refractivity contribution in [1.82, 2.24) is 19.5 Å². The van der Waals surface area contributed by atoms with Crippen molar-refractivity contribution in [3.05, 3.63) is 43.2 Å². The normalized spacial score (nSPS) is 25.6. The van der Waals surface area contributed by atoms with Gasteiger partial charge in [-0.3, -0.25) is 9.55 Å². The van der Waals surface area contributed by atoms with Crippen molar-refractivity contribution in [2.24, 2.45) is 0 Å². The second-order valence-corrected chi connectivity index (χ2v) is 6.40. The molecule has 1 aliphatic rings. The van der Waals surface area contributed by atoms with E-state index in [0.29, 0.717) is 27.8 Å². The fraction of sp³-hybridized carbons (Fsp3) is 0.278. The number of ether oxygens (including phenoxy) is 1. The van der Waals surface area contributed by atoms with Crippen LogP contribution in [0.5, 0.6) is 0 Å². The molecule has 4 atom stereocenters. The summed E-state index contributed by atoms with van der Waals surface area (Å²) in [7, 11) is 0. The van der Waals surface area contributed by atoms with Crippen LogP contribution in [0.2, 0.25) is 0 Å². The lowest BCUT2D eigenvalue weighted by molar-refractivity contribution is -0.0489. The summed E-state index contributed by atoms with van der Waals surface area (Å²) in [5, 5.41) is 30.8. The summed E-state index contributed by atoms with van der Waals surface area (Å²) in [4.78, 5) is 13.3. The molecule has 27 heavy (non-hydrogen) atoms. The van der Waals surface area contributed by atoms with Gasteiger partial charge in [0.05, 0.1) is 41.2 Å². The van der Waals surface area contributed by atoms with E-state index in [0.717, 1.165) is 5.56 Å². The van der Waals surface area contributed by atoms with Crippen LogP contribution in [0.4, 0.5) is 0 Å². The van der Waals surface area contributed by atoms with Crippen LogP contribution in [0.25, 0.3) is 33.3 Å². The Morgan fingerprint density at radius 2 is 2.00 bits per heavy atom. The Kier molecular flexibility index (Phi) is 3.69. The number of rotatable bonds is 3. The quantitative estimate of drug-likeness (QED) is 0.486. The molecule has 1 saturated heterocycles. The van der Waals surface area contributed by atoms with Crippen molar-refractivity contribution >= 4 is 22.1 Å². The number of furan rings is 1. The van der Waals surface area contributed by atoms with Crippen molar-refractivity contribution in [2.45, 2.75) is 24.5 Å². The molecule has 1 aliphatic heterocycles. The summed E-state index contributed by atoms with van der Waals surface area (Å²) in [6.07, 6.45) is 1.98. The van der Waals surface area contributed by atoms with E-state index < -0.39 is 31.1 Å². The Balaban J connectivity index is 1.82. The number of aromatic nitrogens is 4. The molecule has 0 spiro atoms. The lowest BCUT2D eigenvalue weighted by Gasteiger charge is -2.18. The molecule has 138 valence electrons. The average molecular weight is 368 g/mol. The molecule has 0 aliphatic carbocycles. The standard InChI is InChI=1S/C18H16N4O5/c23-6-11-15(24)16(25)18(27-11)22-10-2-1-4-19-14(10)12-13(9-3-5-26-7-9)20-8-21-17(12)22/h1-5,7-8,11,15-16,18,23-25H,6H2/t11-,15-,16-,18-/m1/s1. The molecule has 1 fully saturated rings. The summed E-state index contributed by atoms with van der Waals surface area (Å²) in [6, 6.07) is 5.39. The van der Waals surface area contributed by atoms with Crippen LogP contribution < -0.4 is 0 Å². The number of hydrogen-bond donors (Lipinski definition) is 3. The fourth-order valence-electron chi connectivity index (χ4n) is 3.64. The maximum Gasteiger partial charge on any atom is 0.165 e. The van der Waals surface area contributed by atoms with Gasteiger partial charge < -0.3 is 24.5 Å². The molecule has 4 aromatic rings. The molecule has 3 N–H and O–H groups in total. The van der Waals surface area contributed by atoms with Gasteiger partial charge in [0.1, 0.15) is 30.3 Å². The largest absolute Gasteiger partial charge is 0.472 e. The second-order valence-electron chi connectivity index (χ2n) is 6.40. The third kappa shape index (κ3) is 2.30. The lowest BCUT2D eigenvalue weighted by Crippen LogP contribution is -2.33. The molecule has 9 heteroatoms. The topological polar surface area (TPSA) is 127 Å². The summed E-state index contributed by atoms with van der Waals surface area (Å²) in [5.74, 6) is 0. The number of aliphatic hydroxyl groups excluding tert-OH is 3. The van der Waals surface area contributed by atoms with Gasteiger partial charge in [-0.1, -0.05) is 0 Å². The minimum absolute atomic E-state index is 0.403. The van der Waals surface area contributed by atoms with Crippen molar-refractivity contribution in [3.8, 4) is 11.3 Å². The van der Waals surface area contributed by atoms with Gasteiger partial charge in [0.15, 0.2) is 6.23 Å². The monoisotopic (exact) mass is 368 g/mol. The highest BCUT2D eigenvalue weighted by atomic mass is 16.6. The van der Waals surface area contributed by atoms with E-state index in [1.807, 2.05) is 6.07 Å². The van der Waals surface area contributed by atoms with Crippen molar-refractivity contribution < 1.29 is 24.5 Å². The smallest absolute Gasteiger partial charge is 0.165 e. The lowest BCUT2D eigenvalue weighted by atomic mass is 10.1. The summed E-state index contributed by atoms with van der Waals surface area (Å²) >= 11 is 0. The van der Waals surface area contributed by atoms with Crippen LogP contribution >= 0.6 is 0 Å². The van der Waals surface area contributed by atoms with E-state index >= 15 is 0 Å². The highest BCUT2D eigenvalue weighted by Crippen LogP contribution is 2.39. The Morgan fingerprint density at radius 3 is 2.74 bits per heavy atom. The molecule has 0 bridgehead atoms. The first kappa shape index (κ1) is 16.3. The van der Waals surface area contributed by atoms with Crippen LogP contribution in [-0.4, -0.2) is 59.8 Å². The van der Waals surface area contributed by atoms with Gasteiger partial charge in [-0.05, 0) is 18.2 Å². The Labute approximate surface area is 152 Å². The van der Waals surface area contributed by atoms with Crippen molar-refractivity contribution in [1.29, 1.82) is 0 Å². The van der Waals surface area contributed by atoms with Crippen molar-refractivity contribution in [3.63, 3.8) is 0 Å². The molecular weight excluding hydrogens is 352 g/mol. The molecule has 0 radical (unpaired) electrons. The summed E-state index contributed by atoms with van der Waals surface area (Å²) < 4.78 is 12.6. The average Bonchev–Trinajstić information content (AvgIpc) is 3.40. The third-order valence-electron chi connectivity index (χ3n) is 4.90. The number of nitrogens with zero attached hydrogens (tertiary/aromatic N) is 4. The Bertz CT molecular complexity index is 1110. The van der Waals surface area contributed by atoms with Gasteiger partial charge >= 0.3 is 0 Å². The van der Waals surface area contributed by atoms with Gasteiger partial charge in [0.25, 0.3) is 0 Å². The van der Waals surface area contributed by atoms with E-state index in [1.165, 1.54) is 6.33 Å². The molecule has 0 amide bonds. The highest BCUT2D eigenvalue weighted by molar-refractivity contribution is 6.10. The van der Waals surface area contributed by atoms with Crippen LogP contribution in [0.3, 0.4) is 0 Å². The van der Waals surface area contributed by atoms with Gasteiger partial charge in [-0.25, -0.2) is 9.97 Å². The number of hydrogen-bond acceptors (Lipinski definition) is 8. The fourth-order valence-corrected chi connectivity index (χ4v) is 3.64. The SMILES string of the molecule is OC[C@H]1O[C@@H](n2c3cccnc3c3c(-c4ccoc4)ncnc32)[C@H](O)[C@@H]1O. The molecular formula is C18H16N4O5. The van der Waals surface area contributed by atoms with Crippen LogP contribution in [0.1, 0.15) is 6.23 Å². The molecule has 5 heterocycles. The van der Waals surface area contributed by atoms with Crippen LogP contribution in [0.15, 0.2) is 47.7 Å². The zero-order valence-electron chi connectivity index (χ0n) is 14.0. The van der Waals surface area contributed by atoms with Crippen LogP contribution in [0, 0.1) is 0 Å². The zero-order chi connectivity index (χ0) is 18.5. The first-order valence-corrected chi connectivity index (χ1v) is 8.45. The number of fused-ring (bicyclic) bond motifs is 3. The summed E-state index contributed by atoms with van der Waals surface area (Å²) in [6.45, 7) is -0.403. The van der Waals surface area contributed by atoms with Gasteiger partial charge in [0.2, 0.25) is 0 Å². The van der Waals surface area contributed by atoms with E-state index in [9.17, 15) is 15.3 Å². The molecule has 9 nitrogen and oxygen atoms in total. The molecule has 4 aromatic heterocycles. The minimum atomic E-state index is -1.23. The number of pyridine rings is 1. The van der Waals surface area contributed by atoms with E-state index in [-0.39, 0.29) is 0 Å². The molecule has 0 unspecified atom stereocenters. The van der Waals surface area contributed by atoms with E-state index in [4.69, 9.17) is 9.15 Å². The van der Waals surface area contributed by atoms with Gasteiger partial charge in [0, 0.05) is 11.8 Å². The van der Waals surface area contributed by atoms with Crippen LogP contribution in [-0.2, 0) is 4.74 Å². The molecule has 0 saturated carbocycles. The highest BCUT2D eigenvalue weighted by Gasteiger charge is 2.44. The second kappa shape index (κ2) is 6.10. The van der Waals surface area contributed by atoms with E-state index in [2.05, 4.69) is 15.0 Å². The molecule has 5 rings (SSSR count). The predicted molar refractivity (Wildman–Crippen MR) is 93.5 cm³/mol. The van der Waals surface area contributed by atoms with Gasteiger partial charge in [-0.15, -0.1) is 0 Å². The Hall–Kier alpha value is -2.85. The first-order valence-electron chi connectivity index (χ1n) is 8.45.